The van der Waals surface area contributed by atoms with Crippen molar-refractivity contribution in [1.29, 1.82) is 0 Å². The molecular formula is C16H22N2O2. The van der Waals surface area contributed by atoms with Gasteiger partial charge in [0.25, 0.3) is 0 Å². The summed E-state index contributed by atoms with van der Waals surface area (Å²) < 4.78 is 5.53. The molecule has 0 bridgehead atoms. The highest BCUT2D eigenvalue weighted by Gasteiger charge is 2.34. The largest absolute Gasteiger partial charge is 0.376 e. The number of amides is 1. The van der Waals surface area contributed by atoms with E-state index in [-0.39, 0.29) is 18.1 Å². The molecule has 0 unspecified atom stereocenters. The van der Waals surface area contributed by atoms with E-state index in [1.165, 1.54) is 5.56 Å². The summed E-state index contributed by atoms with van der Waals surface area (Å²) in [6, 6.07) is 10.4. The maximum atomic E-state index is 12.2. The number of nitrogens with zero attached hydrogens (tertiary/aromatic N) is 1. The molecule has 20 heavy (non-hydrogen) atoms. The van der Waals surface area contributed by atoms with Crippen LogP contribution in [0.4, 0.5) is 0 Å². The Morgan fingerprint density at radius 2 is 2.15 bits per heavy atom. The van der Waals surface area contributed by atoms with Gasteiger partial charge in [0, 0.05) is 26.2 Å². The first-order valence-electron chi connectivity index (χ1n) is 7.50. The van der Waals surface area contributed by atoms with E-state index in [9.17, 15) is 4.79 Å². The molecule has 1 N–H and O–H groups in total. The van der Waals surface area contributed by atoms with Gasteiger partial charge in [-0.3, -0.25) is 9.69 Å². The van der Waals surface area contributed by atoms with Gasteiger partial charge in [0.15, 0.2) is 0 Å². The van der Waals surface area contributed by atoms with Gasteiger partial charge in [0.05, 0.1) is 12.1 Å². The Bertz CT molecular complexity index is 443. The zero-order chi connectivity index (χ0) is 13.8. The molecule has 1 amide bonds. The second-order valence-electron chi connectivity index (χ2n) is 5.64. The number of rotatable bonds is 5. The molecule has 2 fully saturated rings. The van der Waals surface area contributed by atoms with Gasteiger partial charge in [0.1, 0.15) is 0 Å². The van der Waals surface area contributed by atoms with Crippen molar-refractivity contribution >= 4 is 5.91 Å². The first kappa shape index (κ1) is 13.6. The molecular weight excluding hydrogens is 252 g/mol. The lowest BCUT2D eigenvalue weighted by molar-refractivity contribution is -0.131. The number of carbonyl (C=O) groups is 1. The zero-order valence-electron chi connectivity index (χ0n) is 11.8. The zero-order valence-corrected chi connectivity index (χ0v) is 11.8. The fourth-order valence-corrected chi connectivity index (χ4v) is 2.88. The number of ether oxygens (including phenoxy) is 1. The van der Waals surface area contributed by atoms with E-state index in [0.29, 0.717) is 6.54 Å². The maximum Gasteiger partial charge on any atom is 0.237 e. The maximum absolute atomic E-state index is 12.2. The summed E-state index contributed by atoms with van der Waals surface area (Å²) in [5.74, 6) is 0.155. The van der Waals surface area contributed by atoms with E-state index in [4.69, 9.17) is 4.74 Å². The highest BCUT2D eigenvalue weighted by Crippen LogP contribution is 2.20. The fourth-order valence-electron chi connectivity index (χ4n) is 2.88. The molecule has 4 heteroatoms. The minimum Gasteiger partial charge on any atom is -0.376 e. The third kappa shape index (κ3) is 3.19. The SMILES string of the molecule is O=C(NC[C@@H]1CCCO1)[C@H]1CCN1Cc1ccccc1. The van der Waals surface area contributed by atoms with E-state index in [2.05, 4.69) is 22.3 Å². The monoisotopic (exact) mass is 274 g/mol. The first-order chi connectivity index (χ1) is 9.83. The smallest absolute Gasteiger partial charge is 0.237 e. The summed E-state index contributed by atoms with van der Waals surface area (Å²) in [6.07, 6.45) is 3.37. The van der Waals surface area contributed by atoms with Crippen LogP contribution in [0.1, 0.15) is 24.8 Å². The van der Waals surface area contributed by atoms with Crippen molar-refractivity contribution in [3.8, 4) is 0 Å². The van der Waals surface area contributed by atoms with Crippen LogP contribution in [0.25, 0.3) is 0 Å². The summed E-state index contributed by atoms with van der Waals surface area (Å²) in [7, 11) is 0. The van der Waals surface area contributed by atoms with Gasteiger partial charge >= 0.3 is 0 Å². The van der Waals surface area contributed by atoms with E-state index < -0.39 is 0 Å². The van der Waals surface area contributed by atoms with Gasteiger partial charge in [-0.25, -0.2) is 0 Å². The molecule has 3 rings (SSSR count). The van der Waals surface area contributed by atoms with Crippen LogP contribution in [-0.4, -0.2) is 42.6 Å². The van der Waals surface area contributed by atoms with Crippen LogP contribution in [0.15, 0.2) is 30.3 Å². The summed E-state index contributed by atoms with van der Waals surface area (Å²) >= 11 is 0. The predicted molar refractivity (Wildman–Crippen MR) is 77.2 cm³/mol. The van der Waals surface area contributed by atoms with Crippen molar-refractivity contribution in [2.75, 3.05) is 19.7 Å². The van der Waals surface area contributed by atoms with Crippen LogP contribution < -0.4 is 5.32 Å². The van der Waals surface area contributed by atoms with Gasteiger partial charge in [-0.1, -0.05) is 30.3 Å². The van der Waals surface area contributed by atoms with E-state index >= 15 is 0 Å². The Balaban J connectivity index is 1.46. The fraction of sp³-hybridized carbons (Fsp3) is 0.562. The Morgan fingerprint density at radius 1 is 1.30 bits per heavy atom. The molecule has 0 saturated carbocycles. The third-order valence-corrected chi connectivity index (χ3v) is 4.19. The van der Waals surface area contributed by atoms with E-state index in [0.717, 1.165) is 39.0 Å². The lowest BCUT2D eigenvalue weighted by Gasteiger charge is -2.39. The summed E-state index contributed by atoms with van der Waals surface area (Å²) in [6.45, 7) is 3.37. The van der Waals surface area contributed by atoms with Crippen LogP contribution in [0.5, 0.6) is 0 Å². The lowest BCUT2D eigenvalue weighted by atomic mass is 10.0. The molecule has 2 atom stereocenters. The molecule has 1 aromatic carbocycles. The molecule has 0 aromatic heterocycles. The van der Waals surface area contributed by atoms with Crippen molar-refractivity contribution < 1.29 is 9.53 Å². The Morgan fingerprint density at radius 3 is 2.80 bits per heavy atom. The van der Waals surface area contributed by atoms with Gasteiger partial charge < -0.3 is 10.1 Å². The molecule has 0 spiro atoms. The summed E-state index contributed by atoms with van der Waals surface area (Å²) in [4.78, 5) is 14.4. The normalized spacial score (nSPS) is 26.2. The minimum absolute atomic E-state index is 0.0385. The topological polar surface area (TPSA) is 41.6 Å². The van der Waals surface area contributed by atoms with Crippen molar-refractivity contribution in [3.63, 3.8) is 0 Å². The number of nitrogens with one attached hydrogen (secondary N) is 1. The number of likely N-dealkylation sites (tertiary alicyclic amines) is 1. The Labute approximate surface area is 120 Å². The van der Waals surface area contributed by atoms with E-state index in [1.54, 1.807) is 0 Å². The molecule has 2 heterocycles. The predicted octanol–water partition coefficient (Wildman–Crippen LogP) is 1.56. The number of hydrogen-bond acceptors (Lipinski definition) is 3. The van der Waals surface area contributed by atoms with Crippen LogP contribution in [0.3, 0.4) is 0 Å². The average molecular weight is 274 g/mol. The van der Waals surface area contributed by atoms with Crippen molar-refractivity contribution in [1.82, 2.24) is 10.2 Å². The molecule has 0 aliphatic carbocycles. The van der Waals surface area contributed by atoms with Gasteiger partial charge in [-0.05, 0) is 24.8 Å². The highest BCUT2D eigenvalue weighted by atomic mass is 16.5. The van der Waals surface area contributed by atoms with Crippen molar-refractivity contribution in [2.45, 2.75) is 38.0 Å². The van der Waals surface area contributed by atoms with Crippen LogP contribution in [0.2, 0.25) is 0 Å². The number of hydrogen-bond donors (Lipinski definition) is 1. The number of carbonyl (C=O) groups excluding carboxylic acids is 1. The molecule has 4 nitrogen and oxygen atoms in total. The molecule has 0 radical (unpaired) electrons. The molecule has 2 aliphatic heterocycles. The van der Waals surface area contributed by atoms with Gasteiger partial charge in [-0.2, -0.15) is 0 Å². The summed E-state index contributed by atoms with van der Waals surface area (Å²) in [5.41, 5.74) is 1.27. The number of benzene rings is 1. The molecule has 108 valence electrons. The average Bonchev–Trinajstić information content (AvgIpc) is 2.96. The van der Waals surface area contributed by atoms with Crippen molar-refractivity contribution in [2.24, 2.45) is 0 Å². The molecule has 2 aliphatic rings. The molecule has 2 saturated heterocycles. The molecule has 1 aromatic rings. The first-order valence-corrected chi connectivity index (χ1v) is 7.50. The summed E-state index contributed by atoms with van der Waals surface area (Å²) in [5, 5.41) is 3.04. The second kappa shape index (κ2) is 6.37. The van der Waals surface area contributed by atoms with Gasteiger partial charge in [0.2, 0.25) is 5.91 Å². The highest BCUT2D eigenvalue weighted by molar-refractivity contribution is 5.82. The van der Waals surface area contributed by atoms with Gasteiger partial charge in [-0.15, -0.1) is 0 Å². The van der Waals surface area contributed by atoms with Crippen molar-refractivity contribution in [3.05, 3.63) is 35.9 Å². The quantitative estimate of drug-likeness (QED) is 0.886. The van der Waals surface area contributed by atoms with E-state index in [1.807, 2.05) is 18.2 Å². The lowest BCUT2D eigenvalue weighted by Crippen LogP contribution is -2.56. The Hall–Kier alpha value is -1.39. The van der Waals surface area contributed by atoms with Crippen LogP contribution in [-0.2, 0) is 16.1 Å². The van der Waals surface area contributed by atoms with Crippen LogP contribution in [0, 0.1) is 0 Å². The Kier molecular flexibility index (Phi) is 4.33. The second-order valence-corrected chi connectivity index (χ2v) is 5.64. The minimum atomic E-state index is 0.0385. The third-order valence-electron chi connectivity index (χ3n) is 4.19. The standard InChI is InChI=1S/C16H22N2O2/c19-16(17-11-14-7-4-10-20-14)15-8-9-18(15)12-13-5-2-1-3-6-13/h1-3,5-6,14-15H,4,7-12H2,(H,17,19)/t14-,15+/m0/s1. The van der Waals surface area contributed by atoms with Crippen LogP contribution >= 0.6 is 0 Å².